The minimum Gasteiger partial charge on any atom is -0.378 e. The van der Waals surface area contributed by atoms with Gasteiger partial charge >= 0.3 is 0 Å². The first-order valence-electron chi connectivity index (χ1n) is 7.62. The minimum atomic E-state index is -1.34. The summed E-state index contributed by atoms with van der Waals surface area (Å²) in [4.78, 5) is 23.6. The van der Waals surface area contributed by atoms with Gasteiger partial charge in [0.1, 0.15) is 6.04 Å². The maximum Gasteiger partial charge on any atom is 0.254 e. The van der Waals surface area contributed by atoms with Crippen LogP contribution in [0.1, 0.15) is 23.7 Å². The van der Waals surface area contributed by atoms with Crippen LogP contribution in [0.15, 0.2) is 66.7 Å². The van der Waals surface area contributed by atoms with E-state index in [1.165, 1.54) is 0 Å². The number of hydrogen-bond acceptors (Lipinski definition) is 3. The first-order chi connectivity index (χ1) is 11.6. The van der Waals surface area contributed by atoms with E-state index in [0.717, 1.165) is 5.56 Å². The number of rotatable bonds is 7. The summed E-state index contributed by atoms with van der Waals surface area (Å²) in [5.74, 6) is -1.31. The lowest BCUT2D eigenvalue weighted by atomic mass is 10.1. The second-order valence-electron chi connectivity index (χ2n) is 5.33. The Morgan fingerprint density at radius 1 is 1.04 bits per heavy atom. The van der Waals surface area contributed by atoms with Gasteiger partial charge in [0.15, 0.2) is 6.10 Å². The average molecular weight is 324 g/mol. The van der Waals surface area contributed by atoms with E-state index in [9.17, 15) is 14.7 Å². The molecule has 0 aliphatic heterocycles. The van der Waals surface area contributed by atoms with Crippen molar-refractivity contribution in [2.45, 2.75) is 18.6 Å². The number of nitrogens with one attached hydrogen (secondary N) is 1. The summed E-state index contributed by atoms with van der Waals surface area (Å²) in [6.07, 6.45) is 2.51. The minimum absolute atomic E-state index is 0.247. The molecular formula is C19H20N2O3. The van der Waals surface area contributed by atoms with Crippen LogP contribution in [0.2, 0.25) is 0 Å². The molecule has 2 aromatic carbocycles. The molecule has 5 heteroatoms. The first kappa shape index (κ1) is 17.4. The van der Waals surface area contributed by atoms with E-state index in [1.807, 2.05) is 36.4 Å². The largest absolute Gasteiger partial charge is 0.378 e. The molecule has 0 fully saturated rings. The average Bonchev–Trinajstić information content (AvgIpc) is 2.61. The van der Waals surface area contributed by atoms with Crippen LogP contribution >= 0.6 is 0 Å². The number of primary amides is 1. The lowest BCUT2D eigenvalue weighted by molar-refractivity contribution is -0.133. The topological polar surface area (TPSA) is 92.4 Å². The van der Waals surface area contributed by atoms with Crippen molar-refractivity contribution in [2.24, 2.45) is 5.73 Å². The van der Waals surface area contributed by atoms with Crippen LogP contribution in [0.4, 0.5) is 0 Å². The number of aliphatic hydroxyl groups excluding tert-OH is 1. The molecule has 0 heterocycles. The fourth-order valence-corrected chi connectivity index (χ4v) is 2.19. The lowest BCUT2D eigenvalue weighted by Gasteiger charge is -2.17. The van der Waals surface area contributed by atoms with Crippen molar-refractivity contribution >= 4 is 17.9 Å². The lowest BCUT2D eigenvalue weighted by Crippen LogP contribution is -2.45. The molecule has 124 valence electrons. The van der Waals surface area contributed by atoms with E-state index < -0.39 is 24.0 Å². The molecule has 0 spiro atoms. The fourth-order valence-electron chi connectivity index (χ4n) is 2.19. The third-order valence-electron chi connectivity index (χ3n) is 3.51. The standard InChI is InChI=1S/C19H20N2O3/c20-18(23)16(13-7-10-14-8-3-1-4-9-14)21-19(24)17(22)15-11-5-2-6-12-15/h1-12,16-17,22H,13H2,(H2,20,23)(H,21,24)/b10-7+/t16-,17-/m0/s1. The molecule has 2 atom stereocenters. The summed E-state index contributed by atoms with van der Waals surface area (Å²) >= 11 is 0. The maximum absolute atomic E-state index is 12.1. The van der Waals surface area contributed by atoms with E-state index in [-0.39, 0.29) is 6.42 Å². The smallest absolute Gasteiger partial charge is 0.254 e. The van der Waals surface area contributed by atoms with Gasteiger partial charge in [0.25, 0.3) is 5.91 Å². The van der Waals surface area contributed by atoms with Crippen LogP contribution in [-0.4, -0.2) is 23.0 Å². The highest BCUT2D eigenvalue weighted by Crippen LogP contribution is 2.12. The molecule has 0 aromatic heterocycles. The second-order valence-corrected chi connectivity index (χ2v) is 5.33. The molecule has 0 saturated carbocycles. The van der Waals surface area contributed by atoms with E-state index in [1.54, 1.807) is 36.4 Å². The van der Waals surface area contributed by atoms with Gasteiger partial charge in [-0.15, -0.1) is 0 Å². The van der Waals surface area contributed by atoms with E-state index in [0.29, 0.717) is 5.56 Å². The van der Waals surface area contributed by atoms with Crippen molar-refractivity contribution < 1.29 is 14.7 Å². The van der Waals surface area contributed by atoms with Gasteiger partial charge in [0, 0.05) is 0 Å². The van der Waals surface area contributed by atoms with Gasteiger partial charge in [-0.05, 0) is 17.5 Å². The van der Waals surface area contributed by atoms with Gasteiger partial charge in [-0.3, -0.25) is 9.59 Å². The maximum atomic E-state index is 12.1. The van der Waals surface area contributed by atoms with Crippen LogP contribution in [0.3, 0.4) is 0 Å². The zero-order chi connectivity index (χ0) is 17.4. The Morgan fingerprint density at radius 2 is 1.62 bits per heavy atom. The van der Waals surface area contributed by atoms with E-state index in [4.69, 9.17) is 5.73 Å². The van der Waals surface area contributed by atoms with Gasteiger partial charge in [-0.25, -0.2) is 0 Å². The van der Waals surface area contributed by atoms with Crippen molar-refractivity contribution in [3.05, 3.63) is 77.9 Å². The summed E-state index contributed by atoms with van der Waals surface area (Å²) in [5, 5.41) is 12.5. The predicted molar refractivity (Wildman–Crippen MR) is 92.6 cm³/mol. The zero-order valence-corrected chi connectivity index (χ0v) is 13.1. The molecule has 0 aliphatic carbocycles. The molecule has 0 bridgehead atoms. The highest BCUT2D eigenvalue weighted by atomic mass is 16.3. The molecule has 24 heavy (non-hydrogen) atoms. The Hall–Kier alpha value is -2.92. The highest BCUT2D eigenvalue weighted by Gasteiger charge is 2.22. The molecule has 0 unspecified atom stereocenters. The Morgan fingerprint density at radius 3 is 2.21 bits per heavy atom. The third kappa shape index (κ3) is 5.07. The summed E-state index contributed by atoms with van der Waals surface area (Å²) in [5.41, 5.74) is 6.77. The second kappa shape index (κ2) is 8.64. The number of carbonyl (C=O) groups is 2. The van der Waals surface area contributed by atoms with Gasteiger partial charge < -0.3 is 16.2 Å². The quantitative estimate of drug-likeness (QED) is 0.725. The number of carbonyl (C=O) groups excluding carboxylic acids is 2. The Kier molecular flexibility index (Phi) is 6.28. The molecule has 2 aromatic rings. The van der Waals surface area contributed by atoms with Crippen molar-refractivity contribution in [1.82, 2.24) is 5.32 Å². The molecule has 2 amide bonds. The number of nitrogens with two attached hydrogens (primary N) is 1. The van der Waals surface area contributed by atoms with Gasteiger partial charge in [0.2, 0.25) is 5.91 Å². The molecule has 0 radical (unpaired) electrons. The van der Waals surface area contributed by atoms with E-state index >= 15 is 0 Å². The summed E-state index contributed by atoms with van der Waals surface area (Å²) in [6.45, 7) is 0. The molecular weight excluding hydrogens is 304 g/mol. The molecule has 0 aliphatic rings. The normalized spacial score (nSPS) is 13.4. The highest BCUT2D eigenvalue weighted by molar-refractivity contribution is 5.89. The van der Waals surface area contributed by atoms with Crippen molar-refractivity contribution in [1.29, 1.82) is 0 Å². The molecule has 2 rings (SSSR count). The summed E-state index contributed by atoms with van der Waals surface area (Å²) < 4.78 is 0. The SMILES string of the molecule is NC(=O)[C@H](C/C=C/c1ccccc1)NC(=O)[C@@H](O)c1ccccc1. The molecule has 4 N–H and O–H groups in total. The first-order valence-corrected chi connectivity index (χ1v) is 7.62. The van der Waals surface area contributed by atoms with E-state index in [2.05, 4.69) is 5.32 Å². The van der Waals surface area contributed by atoms with Gasteiger partial charge in [-0.1, -0.05) is 72.8 Å². The zero-order valence-electron chi connectivity index (χ0n) is 13.1. The van der Waals surface area contributed by atoms with Crippen molar-refractivity contribution in [2.75, 3.05) is 0 Å². The summed E-state index contributed by atoms with van der Waals surface area (Å²) in [7, 11) is 0. The van der Waals surface area contributed by atoms with Crippen molar-refractivity contribution in [3.8, 4) is 0 Å². The van der Waals surface area contributed by atoms with Gasteiger partial charge in [0.05, 0.1) is 0 Å². The third-order valence-corrected chi connectivity index (χ3v) is 3.51. The Balaban J connectivity index is 1.97. The predicted octanol–water partition coefficient (Wildman–Crippen LogP) is 1.79. The number of benzene rings is 2. The van der Waals surface area contributed by atoms with Crippen LogP contribution < -0.4 is 11.1 Å². The molecule has 0 saturated heterocycles. The van der Waals surface area contributed by atoms with Crippen LogP contribution in [0.5, 0.6) is 0 Å². The Labute approximate surface area is 140 Å². The fraction of sp³-hybridized carbons (Fsp3) is 0.158. The van der Waals surface area contributed by atoms with Crippen LogP contribution in [-0.2, 0) is 9.59 Å². The molecule has 5 nitrogen and oxygen atoms in total. The van der Waals surface area contributed by atoms with Crippen LogP contribution in [0.25, 0.3) is 6.08 Å². The summed E-state index contributed by atoms with van der Waals surface area (Å²) in [6, 6.07) is 17.2. The monoisotopic (exact) mass is 324 g/mol. The Bertz CT molecular complexity index is 699. The van der Waals surface area contributed by atoms with Crippen molar-refractivity contribution in [3.63, 3.8) is 0 Å². The number of amides is 2. The number of aliphatic hydroxyl groups is 1. The van der Waals surface area contributed by atoms with Gasteiger partial charge in [-0.2, -0.15) is 0 Å². The number of hydrogen-bond donors (Lipinski definition) is 3. The van der Waals surface area contributed by atoms with Crippen LogP contribution in [0, 0.1) is 0 Å².